The molecule has 0 saturated heterocycles. The fourth-order valence-corrected chi connectivity index (χ4v) is 2.64. The van der Waals surface area contributed by atoms with E-state index in [0.29, 0.717) is 11.1 Å². The number of benzene rings is 2. The normalized spacial score (nSPS) is 11.7. The third-order valence-electron chi connectivity index (χ3n) is 3.24. The molecule has 0 fully saturated rings. The Morgan fingerprint density at radius 3 is 2.16 bits per heavy atom. The van der Waals surface area contributed by atoms with Gasteiger partial charge in [0.15, 0.2) is 11.4 Å². The lowest BCUT2D eigenvalue weighted by atomic mass is 9.99. The lowest BCUT2D eigenvalue weighted by Gasteiger charge is -2.08. The van der Waals surface area contributed by atoms with E-state index < -0.39 is 0 Å². The summed E-state index contributed by atoms with van der Waals surface area (Å²) in [7, 11) is 0. The van der Waals surface area contributed by atoms with Crippen molar-refractivity contribution in [3.8, 4) is 11.8 Å². The van der Waals surface area contributed by atoms with E-state index in [2.05, 4.69) is 9.69 Å². The van der Waals surface area contributed by atoms with Crippen molar-refractivity contribution in [3.63, 3.8) is 0 Å². The average Bonchev–Trinajstić information content (AvgIpc) is 2.63. The fraction of sp³-hybridized carbons (Fsp3) is 0. The van der Waals surface area contributed by atoms with Crippen molar-refractivity contribution in [1.29, 1.82) is 5.26 Å². The zero-order valence-corrected chi connectivity index (χ0v) is 14.2. The Hall–Kier alpha value is -3.23. The number of rotatable bonds is 3. The van der Waals surface area contributed by atoms with Gasteiger partial charge in [-0.25, -0.2) is 15.0 Å². The molecular weight excluding hydrogens is 357 g/mol. The summed E-state index contributed by atoms with van der Waals surface area (Å²) in [6, 6.07) is 13.5. The number of nitriles is 1. The van der Waals surface area contributed by atoms with Gasteiger partial charge >= 0.3 is 0 Å². The van der Waals surface area contributed by atoms with Crippen LogP contribution in [0, 0.1) is 24.5 Å². The summed E-state index contributed by atoms with van der Waals surface area (Å²) in [6.45, 7) is 14.7. The Balaban J connectivity index is 2.72. The van der Waals surface area contributed by atoms with Crippen molar-refractivity contribution in [2.75, 3.05) is 0 Å². The van der Waals surface area contributed by atoms with Crippen LogP contribution in [0.1, 0.15) is 11.1 Å². The second-order valence-corrected chi connectivity index (χ2v) is 5.60. The van der Waals surface area contributed by atoms with Gasteiger partial charge in [0, 0.05) is 5.57 Å². The Morgan fingerprint density at radius 1 is 1.08 bits per heavy atom. The van der Waals surface area contributed by atoms with Crippen molar-refractivity contribution in [3.05, 3.63) is 97.9 Å². The van der Waals surface area contributed by atoms with Crippen LogP contribution in [0.3, 0.4) is 0 Å². The van der Waals surface area contributed by atoms with Crippen LogP contribution in [0.4, 0.5) is 0 Å². The molecule has 6 heteroatoms. The van der Waals surface area contributed by atoms with Gasteiger partial charge in [-0.2, -0.15) is 0 Å². The van der Waals surface area contributed by atoms with Crippen LogP contribution < -0.4 is 0 Å². The number of nitrogens with zero attached hydrogens (tertiary/aromatic N) is 3. The summed E-state index contributed by atoms with van der Waals surface area (Å²) >= 11 is 11.8. The summed E-state index contributed by atoms with van der Waals surface area (Å²) in [5.41, 5.74) is 1.18. The highest BCUT2D eigenvalue weighted by molar-refractivity contribution is 6.37. The highest BCUT2D eigenvalue weighted by Gasteiger charge is 2.15. The van der Waals surface area contributed by atoms with Crippen molar-refractivity contribution in [2.24, 2.45) is 0 Å². The van der Waals surface area contributed by atoms with E-state index in [9.17, 15) is 10.4 Å². The van der Waals surface area contributed by atoms with Crippen LogP contribution in [-0.4, -0.2) is 5.11 Å². The van der Waals surface area contributed by atoms with Crippen LogP contribution in [-0.2, 0) is 0 Å². The maximum absolute atomic E-state index is 9.64. The molecule has 0 atom stereocenters. The van der Waals surface area contributed by atoms with Crippen LogP contribution in [0.2, 0.25) is 10.0 Å². The van der Waals surface area contributed by atoms with E-state index in [1.807, 2.05) is 6.07 Å². The quantitative estimate of drug-likeness (QED) is 0.423. The first-order valence-corrected chi connectivity index (χ1v) is 7.62. The molecule has 0 aromatic heterocycles. The second kappa shape index (κ2) is 8.04. The molecule has 120 valence electrons. The van der Waals surface area contributed by atoms with Gasteiger partial charge in [-0.1, -0.05) is 53.5 Å². The molecule has 0 spiro atoms. The van der Waals surface area contributed by atoms with E-state index in [1.54, 1.807) is 30.3 Å². The molecule has 0 radical (unpaired) electrons. The summed E-state index contributed by atoms with van der Waals surface area (Å²) in [6.07, 6.45) is 1.47. The largest absolute Gasteiger partial charge is 0.505 e. The molecule has 2 aromatic carbocycles. The topological polar surface area (TPSA) is 52.7 Å². The monoisotopic (exact) mass is 365 g/mol. The highest BCUT2D eigenvalue weighted by atomic mass is 35.5. The molecule has 0 saturated carbocycles. The van der Waals surface area contributed by atoms with E-state index in [-0.39, 0.29) is 32.8 Å². The first-order chi connectivity index (χ1) is 12.0. The van der Waals surface area contributed by atoms with E-state index in [4.69, 9.17) is 36.3 Å². The van der Waals surface area contributed by atoms with Gasteiger partial charge in [0.1, 0.15) is 0 Å². The van der Waals surface area contributed by atoms with Gasteiger partial charge < -0.3 is 5.11 Å². The van der Waals surface area contributed by atoms with Gasteiger partial charge in [-0.05, 0) is 29.3 Å². The minimum atomic E-state index is -0.248. The van der Waals surface area contributed by atoms with Crippen LogP contribution in [0.15, 0.2) is 53.9 Å². The third kappa shape index (κ3) is 4.00. The van der Waals surface area contributed by atoms with Crippen LogP contribution in [0.5, 0.6) is 5.75 Å². The zero-order chi connectivity index (χ0) is 18.4. The standard InChI is InChI=1S/C19H9Cl2N3O/c1-23-16(10-12-8-14(20)19(25)15(21)9-12)18(17(11-22)24-2)13-6-4-3-5-7-13/h3-10,25H/b16-10+,18-17-. The molecule has 25 heavy (non-hydrogen) atoms. The smallest absolute Gasteiger partial charge is 0.259 e. The summed E-state index contributed by atoms with van der Waals surface area (Å²) < 4.78 is 0. The lowest BCUT2D eigenvalue weighted by Crippen LogP contribution is -1.91. The lowest BCUT2D eigenvalue weighted by molar-refractivity contribution is 0.476. The molecule has 0 amide bonds. The van der Waals surface area contributed by atoms with Gasteiger partial charge in [0.25, 0.3) is 5.70 Å². The molecule has 2 rings (SSSR count). The number of phenols is 1. The Morgan fingerprint density at radius 2 is 1.68 bits per heavy atom. The number of aromatic hydroxyl groups is 1. The maximum atomic E-state index is 9.64. The van der Waals surface area contributed by atoms with Crippen molar-refractivity contribution < 1.29 is 5.11 Å². The predicted octanol–water partition coefficient (Wildman–Crippen LogP) is 5.81. The van der Waals surface area contributed by atoms with Crippen LogP contribution >= 0.6 is 23.2 Å². The molecule has 0 aliphatic carbocycles. The highest BCUT2D eigenvalue weighted by Crippen LogP contribution is 2.35. The molecule has 0 aliphatic rings. The zero-order valence-electron chi connectivity index (χ0n) is 12.7. The number of hydrogen-bond acceptors (Lipinski definition) is 2. The van der Waals surface area contributed by atoms with Crippen LogP contribution in [0.25, 0.3) is 21.3 Å². The summed E-state index contributed by atoms with van der Waals surface area (Å²) in [4.78, 5) is 6.70. The molecule has 2 aromatic rings. The Bertz CT molecular complexity index is 965. The van der Waals surface area contributed by atoms with E-state index in [1.165, 1.54) is 18.2 Å². The average molecular weight is 366 g/mol. The molecule has 4 nitrogen and oxygen atoms in total. The Kier molecular flexibility index (Phi) is 5.83. The number of allylic oxidation sites excluding steroid dienone is 2. The van der Waals surface area contributed by atoms with E-state index >= 15 is 0 Å². The SMILES string of the molecule is [C-]#[N+]/C(C#N)=C(\C(=C/c1cc(Cl)c(O)c(Cl)c1)[N+]#[C-])c1ccccc1. The minimum Gasteiger partial charge on any atom is -0.505 e. The molecule has 1 N–H and O–H groups in total. The number of hydrogen-bond donors (Lipinski definition) is 1. The van der Waals surface area contributed by atoms with Gasteiger partial charge in [0.05, 0.1) is 29.3 Å². The predicted molar refractivity (Wildman–Crippen MR) is 98.3 cm³/mol. The van der Waals surface area contributed by atoms with Gasteiger partial charge in [0.2, 0.25) is 0 Å². The van der Waals surface area contributed by atoms with Crippen molar-refractivity contribution in [1.82, 2.24) is 0 Å². The third-order valence-corrected chi connectivity index (χ3v) is 3.81. The first-order valence-electron chi connectivity index (χ1n) is 6.86. The fourth-order valence-electron chi connectivity index (χ4n) is 2.13. The van der Waals surface area contributed by atoms with E-state index in [0.717, 1.165) is 0 Å². The molecule has 0 aliphatic heterocycles. The second-order valence-electron chi connectivity index (χ2n) is 4.79. The number of halogens is 2. The Labute approximate surface area is 155 Å². The van der Waals surface area contributed by atoms with Crippen molar-refractivity contribution in [2.45, 2.75) is 0 Å². The van der Waals surface area contributed by atoms with Gasteiger partial charge in [-0.15, -0.1) is 0 Å². The minimum absolute atomic E-state index is 0.0407. The molecule has 0 bridgehead atoms. The molecular formula is C19H9Cl2N3O. The maximum Gasteiger partial charge on any atom is 0.259 e. The molecule has 0 unspecified atom stereocenters. The summed E-state index contributed by atoms with van der Waals surface area (Å²) in [5.74, 6) is -0.248. The van der Waals surface area contributed by atoms with Gasteiger partial charge in [-0.3, -0.25) is 0 Å². The van der Waals surface area contributed by atoms with Crippen molar-refractivity contribution >= 4 is 34.9 Å². The summed E-state index contributed by atoms with van der Waals surface area (Å²) in [5, 5.41) is 19.0. The first kappa shape index (κ1) is 18.1. The molecule has 0 heterocycles. The number of phenolic OH excluding ortho intramolecular Hbond substituents is 1.